The van der Waals surface area contributed by atoms with Crippen molar-refractivity contribution in [2.45, 2.75) is 12.5 Å². The van der Waals surface area contributed by atoms with E-state index in [1.54, 1.807) is 6.08 Å². The van der Waals surface area contributed by atoms with Gasteiger partial charge in [-0.25, -0.2) is 0 Å². The van der Waals surface area contributed by atoms with Gasteiger partial charge < -0.3 is 9.94 Å². The zero-order valence-corrected chi connectivity index (χ0v) is 7.42. The van der Waals surface area contributed by atoms with Gasteiger partial charge in [0.15, 0.2) is 0 Å². The molecule has 3 heteroatoms. The summed E-state index contributed by atoms with van der Waals surface area (Å²) in [4.78, 5) is 0. The van der Waals surface area contributed by atoms with Crippen LogP contribution in [-0.4, -0.2) is 35.6 Å². The monoisotopic (exact) mass is 169 g/mol. The Balaban J connectivity index is 2.69. The van der Waals surface area contributed by atoms with Gasteiger partial charge in [0.05, 0.1) is 13.2 Å². The zero-order valence-electron chi connectivity index (χ0n) is 7.42. The van der Waals surface area contributed by atoms with Crippen LogP contribution in [0.3, 0.4) is 0 Å². The molecule has 0 unspecified atom stereocenters. The van der Waals surface area contributed by atoms with Crippen molar-refractivity contribution in [1.29, 1.82) is 0 Å². The third-order valence-electron chi connectivity index (χ3n) is 2.18. The maximum absolute atomic E-state index is 9.27. The van der Waals surface area contributed by atoms with Crippen molar-refractivity contribution in [3.63, 3.8) is 0 Å². The smallest absolute Gasteiger partial charge is 0.105 e. The van der Waals surface area contributed by atoms with Crippen molar-refractivity contribution in [2.75, 3.05) is 19.7 Å². The third kappa shape index (κ3) is 1.75. The fourth-order valence-corrected chi connectivity index (χ4v) is 1.26. The fraction of sp³-hybridized carbons (Fsp3) is 0.556. The van der Waals surface area contributed by atoms with E-state index in [4.69, 9.17) is 4.74 Å². The molecule has 1 aliphatic rings. The molecule has 1 saturated heterocycles. The highest BCUT2D eigenvalue weighted by atomic mass is 16.5. The van der Waals surface area contributed by atoms with Gasteiger partial charge in [0.1, 0.15) is 5.60 Å². The molecule has 0 aromatic heterocycles. The Bertz CT molecular complexity index is 203. The molecule has 1 rings (SSSR count). The Hall–Kier alpha value is -0.640. The molecule has 0 aliphatic carbocycles. The standard InChI is InChI=1S/C9H15NO2/c1-4-8(2)9(3)7-10(11)5-6-12-9/h4,11H,1-2,5-7H2,3H3/t9-/m1/s1. The van der Waals surface area contributed by atoms with E-state index in [9.17, 15) is 5.21 Å². The van der Waals surface area contributed by atoms with Crippen LogP contribution in [0.25, 0.3) is 0 Å². The predicted octanol–water partition coefficient (Wildman–Crippen LogP) is 1.21. The average Bonchev–Trinajstić information content (AvgIpc) is 2.02. The second-order valence-corrected chi connectivity index (χ2v) is 3.20. The Morgan fingerprint density at radius 1 is 1.75 bits per heavy atom. The second kappa shape index (κ2) is 3.39. The molecular weight excluding hydrogens is 154 g/mol. The first-order chi connectivity index (χ1) is 5.58. The lowest BCUT2D eigenvalue weighted by atomic mass is 9.96. The average molecular weight is 169 g/mol. The Morgan fingerprint density at radius 2 is 2.42 bits per heavy atom. The predicted molar refractivity (Wildman–Crippen MR) is 47.1 cm³/mol. The summed E-state index contributed by atoms with van der Waals surface area (Å²) in [6.07, 6.45) is 1.67. The quantitative estimate of drug-likeness (QED) is 0.631. The minimum atomic E-state index is -0.477. The molecule has 0 aromatic carbocycles. The second-order valence-electron chi connectivity index (χ2n) is 3.20. The molecule has 0 amide bonds. The van der Waals surface area contributed by atoms with E-state index < -0.39 is 5.60 Å². The number of morpholine rings is 1. The number of hydrogen-bond acceptors (Lipinski definition) is 3. The van der Waals surface area contributed by atoms with Gasteiger partial charge in [0, 0.05) is 6.54 Å². The first-order valence-electron chi connectivity index (χ1n) is 3.98. The highest BCUT2D eigenvalue weighted by Crippen LogP contribution is 2.24. The van der Waals surface area contributed by atoms with Crippen molar-refractivity contribution >= 4 is 0 Å². The van der Waals surface area contributed by atoms with E-state index in [2.05, 4.69) is 13.2 Å². The van der Waals surface area contributed by atoms with Crippen molar-refractivity contribution in [3.05, 3.63) is 24.8 Å². The molecule has 0 spiro atoms. The Labute approximate surface area is 72.9 Å². The summed E-state index contributed by atoms with van der Waals surface area (Å²) in [5, 5.41) is 10.5. The number of hydrogen-bond donors (Lipinski definition) is 1. The van der Waals surface area contributed by atoms with Crippen LogP contribution >= 0.6 is 0 Å². The van der Waals surface area contributed by atoms with Crippen LogP contribution in [0.15, 0.2) is 24.8 Å². The van der Waals surface area contributed by atoms with Crippen molar-refractivity contribution in [1.82, 2.24) is 5.06 Å². The van der Waals surface area contributed by atoms with E-state index in [0.717, 1.165) is 5.57 Å². The molecule has 12 heavy (non-hydrogen) atoms. The molecule has 1 heterocycles. The number of rotatable bonds is 2. The molecule has 1 aliphatic heterocycles. The molecule has 0 saturated carbocycles. The van der Waals surface area contributed by atoms with Gasteiger partial charge in [-0.05, 0) is 12.5 Å². The molecule has 68 valence electrons. The first kappa shape index (κ1) is 9.45. The normalized spacial score (nSPS) is 31.5. The van der Waals surface area contributed by atoms with Gasteiger partial charge in [0.2, 0.25) is 0 Å². The first-order valence-corrected chi connectivity index (χ1v) is 3.98. The largest absolute Gasteiger partial charge is 0.368 e. The van der Waals surface area contributed by atoms with E-state index >= 15 is 0 Å². The van der Waals surface area contributed by atoms with Crippen LogP contribution in [0.2, 0.25) is 0 Å². The molecular formula is C9H15NO2. The Kier molecular flexibility index (Phi) is 2.67. The number of ether oxygens (including phenoxy) is 1. The van der Waals surface area contributed by atoms with Crippen molar-refractivity contribution in [3.8, 4) is 0 Å². The van der Waals surface area contributed by atoms with Gasteiger partial charge in [-0.1, -0.05) is 19.2 Å². The third-order valence-corrected chi connectivity index (χ3v) is 2.18. The lowest BCUT2D eigenvalue weighted by molar-refractivity contribution is -0.189. The summed E-state index contributed by atoms with van der Waals surface area (Å²) in [7, 11) is 0. The van der Waals surface area contributed by atoms with E-state index in [1.165, 1.54) is 5.06 Å². The summed E-state index contributed by atoms with van der Waals surface area (Å²) >= 11 is 0. The topological polar surface area (TPSA) is 32.7 Å². The van der Waals surface area contributed by atoms with Crippen LogP contribution in [-0.2, 0) is 4.74 Å². The van der Waals surface area contributed by atoms with Gasteiger partial charge in [-0.3, -0.25) is 0 Å². The molecule has 0 radical (unpaired) electrons. The van der Waals surface area contributed by atoms with Gasteiger partial charge in [-0.2, -0.15) is 5.06 Å². The van der Waals surface area contributed by atoms with Gasteiger partial charge >= 0.3 is 0 Å². The van der Waals surface area contributed by atoms with Crippen LogP contribution in [0.5, 0.6) is 0 Å². The maximum Gasteiger partial charge on any atom is 0.105 e. The summed E-state index contributed by atoms with van der Waals surface area (Å²) < 4.78 is 5.52. The molecule has 0 bridgehead atoms. The minimum absolute atomic E-state index is 0.456. The lowest BCUT2D eigenvalue weighted by Crippen LogP contribution is -2.49. The Morgan fingerprint density at radius 3 is 2.92 bits per heavy atom. The summed E-state index contributed by atoms with van der Waals surface area (Å²) in [6.45, 7) is 10.9. The van der Waals surface area contributed by atoms with E-state index in [0.29, 0.717) is 19.7 Å². The molecule has 0 aromatic rings. The van der Waals surface area contributed by atoms with Gasteiger partial charge in [-0.15, -0.1) is 0 Å². The van der Waals surface area contributed by atoms with Gasteiger partial charge in [0.25, 0.3) is 0 Å². The number of nitrogens with zero attached hydrogens (tertiary/aromatic N) is 1. The highest BCUT2D eigenvalue weighted by molar-refractivity contribution is 5.24. The summed E-state index contributed by atoms with van der Waals surface area (Å²) in [5.41, 5.74) is 0.329. The van der Waals surface area contributed by atoms with Crippen LogP contribution < -0.4 is 0 Å². The maximum atomic E-state index is 9.27. The number of hydroxylamine groups is 2. The lowest BCUT2D eigenvalue weighted by Gasteiger charge is -2.38. The summed E-state index contributed by atoms with van der Waals surface area (Å²) in [5.74, 6) is 0. The zero-order chi connectivity index (χ0) is 9.19. The molecule has 1 fully saturated rings. The summed E-state index contributed by atoms with van der Waals surface area (Å²) in [6, 6.07) is 0. The fourth-order valence-electron chi connectivity index (χ4n) is 1.26. The molecule has 3 nitrogen and oxygen atoms in total. The molecule has 1 N–H and O–H groups in total. The minimum Gasteiger partial charge on any atom is -0.368 e. The van der Waals surface area contributed by atoms with Crippen molar-refractivity contribution in [2.24, 2.45) is 0 Å². The van der Waals surface area contributed by atoms with Crippen molar-refractivity contribution < 1.29 is 9.94 Å². The van der Waals surface area contributed by atoms with E-state index in [1.807, 2.05) is 6.92 Å². The highest BCUT2D eigenvalue weighted by Gasteiger charge is 2.32. The van der Waals surface area contributed by atoms with Crippen LogP contribution in [0.4, 0.5) is 0 Å². The van der Waals surface area contributed by atoms with Crippen LogP contribution in [0.1, 0.15) is 6.92 Å². The SMILES string of the molecule is C=CC(=C)[C@@]1(C)CN(O)CCO1. The molecule has 1 atom stereocenters. The van der Waals surface area contributed by atoms with E-state index in [-0.39, 0.29) is 0 Å². The van der Waals surface area contributed by atoms with Crippen LogP contribution in [0, 0.1) is 0 Å².